The zero-order chi connectivity index (χ0) is 26.9. The second-order valence-electron chi connectivity index (χ2n) is 8.70. The lowest BCUT2D eigenvalue weighted by atomic mass is 10.1. The van der Waals surface area contributed by atoms with E-state index in [1.165, 1.54) is 28.5 Å². The summed E-state index contributed by atoms with van der Waals surface area (Å²) in [4.78, 5) is 39.7. The van der Waals surface area contributed by atoms with Crippen LogP contribution in [0.1, 0.15) is 45.5 Å². The van der Waals surface area contributed by atoms with Crippen LogP contribution < -0.4 is 5.32 Å². The van der Waals surface area contributed by atoms with E-state index in [0.717, 1.165) is 28.1 Å². The number of methoxy groups -OCH3 is 1. The molecule has 3 aromatic heterocycles. The number of fused-ring (bicyclic) bond motifs is 1. The number of amides is 2. The number of thioether (sulfide) groups is 1. The van der Waals surface area contributed by atoms with Gasteiger partial charge in [0.05, 0.1) is 23.3 Å². The molecule has 1 aromatic carbocycles. The number of hydrogen-bond donors (Lipinski definition) is 1. The lowest BCUT2D eigenvalue weighted by Gasteiger charge is -2.13. The van der Waals surface area contributed by atoms with Gasteiger partial charge in [-0.25, -0.2) is 4.79 Å². The molecule has 3 heterocycles. The summed E-state index contributed by atoms with van der Waals surface area (Å²) in [6, 6.07) is 8.22. The maximum absolute atomic E-state index is 12.9. The van der Waals surface area contributed by atoms with Crippen LogP contribution in [0.3, 0.4) is 0 Å². The molecule has 12 heteroatoms. The van der Waals surface area contributed by atoms with Crippen molar-refractivity contribution in [2.45, 2.75) is 32.0 Å². The summed E-state index contributed by atoms with van der Waals surface area (Å²) in [7, 11) is 4.53. The molecule has 0 spiro atoms. The summed E-state index contributed by atoms with van der Waals surface area (Å²) >= 11 is 3.98. The lowest BCUT2D eigenvalue weighted by molar-refractivity contribution is -0.113. The minimum Gasteiger partial charge on any atom is -0.465 e. The number of anilines is 1. The van der Waals surface area contributed by atoms with Crippen LogP contribution in [-0.4, -0.2) is 64.4 Å². The third-order valence-electron chi connectivity index (χ3n) is 5.62. The summed E-state index contributed by atoms with van der Waals surface area (Å²) in [5.41, 5.74) is 1.67. The molecule has 37 heavy (non-hydrogen) atoms. The molecular weight excluding hydrogens is 531 g/mol. The number of carbonyl (C=O) groups is 3. The van der Waals surface area contributed by atoms with Crippen molar-refractivity contribution in [1.82, 2.24) is 19.7 Å². The van der Waals surface area contributed by atoms with Gasteiger partial charge in [0.2, 0.25) is 5.91 Å². The second kappa shape index (κ2) is 11.0. The van der Waals surface area contributed by atoms with Crippen molar-refractivity contribution in [1.29, 1.82) is 0 Å². The van der Waals surface area contributed by atoms with E-state index in [0.29, 0.717) is 15.6 Å². The summed E-state index contributed by atoms with van der Waals surface area (Å²) in [5, 5.41) is 15.7. The topological polar surface area (TPSA) is 106 Å². The number of thiophene rings is 2. The molecular formula is C25H27N5O4S3. The number of nitrogens with one attached hydrogen (secondary N) is 1. The number of carbonyl (C=O) groups excluding carboxylic acids is 3. The van der Waals surface area contributed by atoms with Crippen molar-refractivity contribution >= 4 is 67.3 Å². The molecule has 0 aliphatic rings. The van der Waals surface area contributed by atoms with Crippen LogP contribution in [0.5, 0.6) is 0 Å². The van der Waals surface area contributed by atoms with Crippen molar-refractivity contribution in [3.8, 4) is 11.4 Å². The number of benzene rings is 1. The van der Waals surface area contributed by atoms with E-state index >= 15 is 0 Å². The summed E-state index contributed by atoms with van der Waals surface area (Å²) < 4.78 is 8.09. The minimum absolute atomic E-state index is 0.0454. The number of rotatable bonds is 8. The average Bonchev–Trinajstić information content (AvgIpc) is 3.56. The molecule has 0 atom stereocenters. The highest BCUT2D eigenvalue weighted by Gasteiger charge is 2.27. The third-order valence-corrected chi connectivity index (χ3v) is 8.73. The average molecular weight is 558 g/mol. The maximum Gasteiger partial charge on any atom is 0.341 e. The van der Waals surface area contributed by atoms with E-state index in [1.807, 2.05) is 30.5 Å². The first-order valence-corrected chi connectivity index (χ1v) is 14.1. The molecule has 0 bridgehead atoms. The molecule has 9 nitrogen and oxygen atoms in total. The van der Waals surface area contributed by atoms with Gasteiger partial charge in [0.25, 0.3) is 5.91 Å². The molecule has 1 N–H and O–H groups in total. The van der Waals surface area contributed by atoms with Crippen LogP contribution in [0.15, 0.2) is 34.8 Å². The highest BCUT2D eigenvalue weighted by molar-refractivity contribution is 7.99. The van der Waals surface area contributed by atoms with Gasteiger partial charge in [-0.1, -0.05) is 30.0 Å². The van der Waals surface area contributed by atoms with Crippen molar-refractivity contribution < 1.29 is 19.1 Å². The molecule has 0 unspecified atom stereocenters. The maximum atomic E-state index is 12.9. The van der Waals surface area contributed by atoms with Gasteiger partial charge in [-0.15, -0.1) is 32.9 Å². The first kappa shape index (κ1) is 26.8. The van der Waals surface area contributed by atoms with Gasteiger partial charge in [-0.3, -0.25) is 14.2 Å². The molecule has 2 amide bonds. The van der Waals surface area contributed by atoms with E-state index in [-0.39, 0.29) is 34.2 Å². The Hall–Kier alpha value is -3.22. The first-order valence-electron chi connectivity index (χ1n) is 11.4. The van der Waals surface area contributed by atoms with Crippen molar-refractivity contribution in [2.75, 3.05) is 32.3 Å². The highest BCUT2D eigenvalue weighted by atomic mass is 32.2. The number of ether oxygens (including phenoxy) is 1. The van der Waals surface area contributed by atoms with E-state index in [2.05, 4.69) is 33.0 Å². The molecule has 0 radical (unpaired) electrons. The highest BCUT2D eigenvalue weighted by Crippen LogP contribution is 2.37. The lowest BCUT2D eigenvalue weighted by Crippen LogP contribution is -2.21. The molecule has 0 aliphatic heterocycles. The van der Waals surface area contributed by atoms with Crippen molar-refractivity contribution in [3.63, 3.8) is 0 Å². The Morgan fingerprint density at radius 2 is 1.92 bits per heavy atom. The largest absolute Gasteiger partial charge is 0.465 e. The van der Waals surface area contributed by atoms with Gasteiger partial charge >= 0.3 is 5.97 Å². The Kier molecular flexibility index (Phi) is 8.00. The minimum atomic E-state index is -0.610. The zero-order valence-electron chi connectivity index (χ0n) is 21.3. The number of hydrogen-bond acceptors (Lipinski definition) is 9. The van der Waals surface area contributed by atoms with Gasteiger partial charge in [-0.05, 0) is 32.4 Å². The standard InChI is InChI=1S/C25H27N5O4S3/c1-13(2)30-21(16-11-35-17-10-8-7-9-15(16)17)27-28-25(30)36-12-18(31)26-22-19(24(33)34-6)14(3)20(37-22)23(32)29(4)5/h7-11,13H,12H2,1-6H3,(H,26,31). The van der Waals surface area contributed by atoms with Gasteiger partial charge in [0.1, 0.15) is 5.00 Å². The Morgan fingerprint density at radius 1 is 1.19 bits per heavy atom. The first-order chi connectivity index (χ1) is 17.6. The Morgan fingerprint density at radius 3 is 2.59 bits per heavy atom. The Labute approximate surface area is 226 Å². The van der Waals surface area contributed by atoms with Crippen LogP contribution >= 0.6 is 34.4 Å². The monoisotopic (exact) mass is 557 g/mol. The molecule has 194 valence electrons. The van der Waals surface area contributed by atoms with Gasteiger partial charge < -0.3 is 15.0 Å². The normalized spacial score (nSPS) is 11.2. The van der Waals surface area contributed by atoms with Crippen LogP contribution in [0.2, 0.25) is 0 Å². The fraction of sp³-hybridized carbons (Fsp3) is 0.320. The smallest absolute Gasteiger partial charge is 0.341 e. The number of esters is 1. The SMILES string of the molecule is COC(=O)c1c(NC(=O)CSc2nnc(-c3csc4ccccc34)n2C(C)C)sc(C(=O)N(C)C)c1C. The molecule has 4 rings (SSSR count). The fourth-order valence-corrected chi connectivity index (χ4v) is 6.86. The molecule has 0 saturated heterocycles. The predicted molar refractivity (Wildman–Crippen MR) is 149 cm³/mol. The van der Waals surface area contributed by atoms with Gasteiger partial charge in [0.15, 0.2) is 11.0 Å². The van der Waals surface area contributed by atoms with Crippen LogP contribution in [-0.2, 0) is 9.53 Å². The van der Waals surface area contributed by atoms with Crippen LogP contribution in [0, 0.1) is 6.92 Å². The van der Waals surface area contributed by atoms with Gasteiger partial charge in [0, 0.05) is 41.2 Å². The third kappa shape index (κ3) is 5.27. The number of aromatic nitrogens is 3. The van der Waals surface area contributed by atoms with E-state index in [9.17, 15) is 14.4 Å². The summed E-state index contributed by atoms with van der Waals surface area (Å²) in [5.74, 6) is -0.392. The zero-order valence-corrected chi connectivity index (χ0v) is 23.8. The summed E-state index contributed by atoms with van der Waals surface area (Å²) in [6.45, 7) is 5.77. The quantitative estimate of drug-likeness (QED) is 0.231. The van der Waals surface area contributed by atoms with E-state index < -0.39 is 5.97 Å². The second-order valence-corrected chi connectivity index (χ2v) is 11.6. The molecule has 0 fully saturated rings. The Bertz CT molecular complexity index is 1480. The van der Waals surface area contributed by atoms with Crippen molar-refractivity contribution in [3.05, 3.63) is 45.6 Å². The predicted octanol–water partition coefficient (Wildman–Crippen LogP) is 5.33. The number of nitrogens with zero attached hydrogens (tertiary/aromatic N) is 4. The van der Waals surface area contributed by atoms with E-state index in [4.69, 9.17) is 4.74 Å². The van der Waals surface area contributed by atoms with Crippen molar-refractivity contribution in [2.24, 2.45) is 0 Å². The fourth-order valence-electron chi connectivity index (χ4n) is 3.82. The molecule has 0 saturated carbocycles. The summed E-state index contributed by atoms with van der Waals surface area (Å²) in [6.07, 6.45) is 0. The molecule has 0 aliphatic carbocycles. The molecule has 4 aromatic rings. The van der Waals surface area contributed by atoms with Gasteiger partial charge in [-0.2, -0.15) is 0 Å². The van der Waals surface area contributed by atoms with Crippen LogP contribution in [0.4, 0.5) is 5.00 Å². The Balaban J connectivity index is 1.56. The van der Waals surface area contributed by atoms with E-state index in [1.54, 1.807) is 32.4 Å². The van der Waals surface area contributed by atoms with Crippen LogP contribution in [0.25, 0.3) is 21.5 Å².